The zero-order valence-electron chi connectivity index (χ0n) is 14.6. The first-order valence-electron chi connectivity index (χ1n) is 8.34. The summed E-state index contributed by atoms with van der Waals surface area (Å²) in [4.78, 5) is 20.6. The average Bonchev–Trinajstić information content (AvgIpc) is 3.29. The molecule has 6 nitrogen and oxygen atoms in total. The normalized spacial score (nSPS) is 11.7. The number of carbonyl (C=O) groups excluding carboxylic acids is 1. The molecule has 1 aromatic carbocycles. The minimum atomic E-state index is -4.50. The minimum absolute atomic E-state index is 0.0775. The molecule has 0 saturated carbocycles. The summed E-state index contributed by atoms with van der Waals surface area (Å²) in [6, 6.07) is 9.45. The number of rotatable bonds is 4. The number of hydrogen-bond acceptors (Lipinski definition) is 4. The Morgan fingerprint density at radius 2 is 2.03 bits per heavy atom. The van der Waals surface area contributed by atoms with E-state index >= 15 is 0 Å². The van der Waals surface area contributed by atoms with Gasteiger partial charge in [-0.1, -0.05) is 11.6 Å². The van der Waals surface area contributed by atoms with E-state index in [1.54, 1.807) is 16.7 Å². The van der Waals surface area contributed by atoms with Crippen molar-refractivity contribution in [2.24, 2.45) is 0 Å². The topological polar surface area (TPSA) is 73.0 Å². The van der Waals surface area contributed by atoms with Gasteiger partial charge >= 0.3 is 6.18 Å². The van der Waals surface area contributed by atoms with E-state index in [1.165, 1.54) is 30.7 Å². The van der Waals surface area contributed by atoms with E-state index in [2.05, 4.69) is 15.3 Å². The molecule has 0 spiro atoms. The highest BCUT2D eigenvalue weighted by atomic mass is 35.5. The van der Waals surface area contributed by atoms with Crippen LogP contribution in [0.25, 0.3) is 11.0 Å². The van der Waals surface area contributed by atoms with Crippen molar-refractivity contribution in [3.63, 3.8) is 0 Å². The number of hydrogen-bond donors (Lipinski definition) is 1. The zero-order chi connectivity index (χ0) is 20.6. The second kappa shape index (κ2) is 7.25. The number of amides is 1. The number of benzene rings is 1. The Morgan fingerprint density at radius 1 is 1.21 bits per heavy atom. The summed E-state index contributed by atoms with van der Waals surface area (Å²) in [5.41, 5.74) is -0.0871. The molecule has 0 unspecified atom stereocenters. The predicted octanol–water partition coefficient (Wildman–Crippen LogP) is 5.00. The summed E-state index contributed by atoms with van der Waals surface area (Å²) in [6.07, 6.45) is -1.65. The van der Waals surface area contributed by atoms with Crippen LogP contribution in [-0.4, -0.2) is 20.4 Å². The highest BCUT2D eigenvalue weighted by molar-refractivity contribution is 6.29. The van der Waals surface area contributed by atoms with Crippen LogP contribution < -0.4 is 5.32 Å². The van der Waals surface area contributed by atoms with Crippen molar-refractivity contribution in [2.75, 3.05) is 5.32 Å². The van der Waals surface area contributed by atoms with E-state index in [4.69, 9.17) is 16.0 Å². The zero-order valence-corrected chi connectivity index (χ0v) is 15.3. The van der Waals surface area contributed by atoms with E-state index in [9.17, 15) is 18.0 Å². The van der Waals surface area contributed by atoms with Crippen molar-refractivity contribution in [3.8, 4) is 0 Å². The largest absolute Gasteiger partial charge is 0.467 e. The first kappa shape index (κ1) is 19.0. The fourth-order valence-electron chi connectivity index (χ4n) is 2.84. The minimum Gasteiger partial charge on any atom is -0.467 e. The van der Waals surface area contributed by atoms with Crippen molar-refractivity contribution < 1.29 is 22.4 Å². The van der Waals surface area contributed by atoms with Gasteiger partial charge in [0.15, 0.2) is 0 Å². The number of halogens is 4. The van der Waals surface area contributed by atoms with Crippen molar-refractivity contribution in [3.05, 3.63) is 77.0 Å². The first-order valence-corrected chi connectivity index (χ1v) is 8.72. The molecule has 0 fully saturated rings. The maximum absolute atomic E-state index is 13.1. The van der Waals surface area contributed by atoms with E-state index in [0.29, 0.717) is 11.3 Å². The van der Waals surface area contributed by atoms with Crippen LogP contribution in [0.1, 0.15) is 21.7 Å². The Labute approximate surface area is 166 Å². The average molecular weight is 421 g/mol. The molecule has 0 radical (unpaired) electrons. The Hall–Kier alpha value is -3.33. The summed E-state index contributed by atoms with van der Waals surface area (Å²) in [7, 11) is 0. The van der Waals surface area contributed by atoms with Crippen molar-refractivity contribution in [1.82, 2.24) is 14.5 Å². The maximum Gasteiger partial charge on any atom is 0.416 e. The van der Waals surface area contributed by atoms with Gasteiger partial charge in [-0.2, -0.15) is 13.2 Å². The van der Waals surface area contributed by atoms with Gasteiger partial charge in [0.25, 0.3) is 5.91 Å². The molecule has 3 aromatic heterocycles. The number of nitrogens with zero attached hydrogens (tertiary/aromatic N) is 3. The lowest BCUT2D eigenvalue weighted by Gasteiger charge is -2.09. The third kappa shape index (κ3) is 3.95. The van der Waals surface area contributed by atoms with E-state index in [1.807, 2.05) is 0 Å². The van der Waals surface area contributed by atoms with Crippen LogP contribution >= 0.6 is 11.6 Å². The van der Waals surface area contributed by atoms with Crippen LogP contribution in [0.15, 0.2) is 59.3 Å². The van der Waals surface area contributed by atoms with Crippen LogP contribution in [0.4, 0.5) is 19.1 Å². The van der Waals surface area contributed by atoms with Crippen LogP contribution in [0.2, 0.25) is 5.15 Å². The molecule has 0 saturated heterocycles. The molecule has 4 aromatic rings. The number of aromatic nitrogens is 3. The Morgan fingerprint density at radius 3 is 2.72 bits per heavy atom. The number of pyridine rings is 1. The smallest absolute Gasteiger partial charge is 0.416 e. The second-order valence-electron chi connectivity index (χ2n) is 6.12. The molecule has 0 aliphatic rings. The van der Waals surface area contributed by atoms with Crippen LogP contribution in [-0.2, 0) is 12.7 Å². The van der Waals surface area contributed by atoms with Gasteiger partial charge in [-0.05, 0) is 42.5 Å². The van der Waals surface area contributed by atoms with Crippen LogP contribution in [0.3, 0.4) is 0 Å². The Kier molecular flexibility index (Phi) is 4.75. The highest BCUT2D eigenvalue weighted by Gasteiger charge is 2.31. The van der Waals surface area contributed by atoms with Crippen molar-refractivity contribution in [1.29, 1.82) is 0 Å². The van der Waals surface area contributed by atoms with Gasteiger partial charge in [0.2, 0.25) is 5.95 Å². The molecule has 1 amide bonds. The van der Waals surface area contributed by atoms with Gasteiger partial charge in [-0.25, -0.2) is 9.97 Å². The van der Waals surface area contributed by atoms with Gasteiger partial charge in [0.1, 0.15) is 10.9 Å². The SMILES string of the molecule is O=C(Nc1nc2cc(C(F)(F)F)ccc2n1Cc1ccco1)c1ccnc(Cl)c1. The molecule has 0 aliphatic heterocycles. The molecule has 4 rings (SSSR count). The predicted molar refractivity (Wildman–Crippen MR) is 99.7 cm³/mol. The van der Waals surface area contributed by atoms with Gasteiger partial charge in [0.05, 0.1) is 29.4 Å². The Balaban J connectivity index is 1.77. The van der Waals surface area contributed by atoms with E-state index in [-0.39, 0.29) is 28.7 Å². The van der Waals surface area contributed by atoms with Gasteiger partial charge in [-0.15, -0.1) is 0 Å². The second-order valence-corrected chi connectivity index (χ2v) is 6.51. The van der Waals surface area contributed by atoms with Crippen molar-refractivity contribution >= 4 is 34.5 Å². The van der Waals surface area contributed by atoms with Crippen molar-refractivity contribution in [2.45, 2.75) is 12.7 Å². The van der Waals surface area contributed by atoms with Gasteiger partial charge < -0.3 is 8.98 Å². The van der Waals surface area contributed by atoms with Gasteiger partial charge in [0, 0.05) is 11.8 Å². The standard InChI is InChI=1S/C19H12ClF3N4O2/c20-16-8-11(5-6-24-16)17(28)26-18-25-14-9-12(19(21,22)23)3-4-15(14)27(18)10-13-2-1-7-29-13/h1-9H,10H2,(H,25,26,28). The molecule has 0 bridgehead atoms. The molecule has 1 N–H and O–H groups in total. The quantitative estimate of drug-likeness (QED) is 0.472. The molecular weight excluding hydrogens is 409 g/mol. The third-order valence-electron chi connectivity index (χ3n) is 4.18. The summed E-state index contributed by atoms with van der Waals surface area (Å²) in [5, 5.41) is 2.75. The monoisotopic (exact) mass is 420 g/mol. The first-order chi connectivity index (χ1) is 13.8. The lowest BCUT2D eigenvalue weighted by molar-refractivity contribution is -0.137. The molecule has 148 valence electrons. The summed E-state index contributed by atoms with van der Waals surface area (Å²) >= 11 is 5.81. The fourth-order valence-corrected chi connectivity index (χ4v) is 3.01. The highest BCUT2D eigenvalue weighted by Crippen LogP contribution is 2.32. The van der Waals surface area contributed by atoms with Crippen LogP contribution in [0.5, 0.6) is 0 Å². The van der Waals surface area contributed by atoms with Gasteiger partial charge in [-0.3, -0.25) is 10.1 Å². The molecular formula is C19H12ClF3N4O2. The molecule has 0 atom stereocenters. The van der Waals surface area contributed by atoms with E-state index in [0.717, 1.165) is 12.1 Å². The number of nitrogens with one attached hydrogen (secondary N) is 1. The summed E-state index contributed by atoms with van der Waals surface area (Å²) in [5.74, 6) is 0.0988. The lowest BCUT2D eigenvalue weighted by Crippen LogP contribution is -2.16. The number of furan rings is 1. The number of carbonyl (C=O) groups is 1. The third-order valence-corrected chi connectivity index (χ3v) is 4.39. The number of imidazole rings is 1. The van der Waals surface area contributed by atoms with E-state index < -0.39 is 17.6 Å². The maximum atomic E-state index is 13.1. The number of fused-ring (bicyclic) bond motifs is 1. The summed E-state index contributed by atoms with van der Waals surface area (Å²) in [6.45, 7) is 0.168. The molecule has 29 heavy (non-hydrogen) atoms. The number of alkyl halides is 3. The Bertz CT molecular complexity index is 1190. The molecule has 10 heteroatoms. The number of anilines is 1. The van der Waals surface area contributed by atoms with Crippen LogP contribution in [0, 0.1) is 0 Å². The molecule has 3 heterocycles. The lowest BCUT2D eigenvalue weighted by atomic mass is 10.2. The summed E-state index contributed by atoms with van der Waals surface area (Å²) < 4.78 is 46.1. The molecule has 0 aliphatic carbocycles. The fraction of sp³-hybridized carbons (Fsp3) is 0.105.